The number of aromatic nitrogens is 1. The molecule has 0 aliphatic heterocycles. The predicted molar refractivity (Wildman–Crippen MR) is 43.6 cm³/mol. The Kier molecular flexibility index (Phi) is 2.24. The second kappa shape index (κ2) is 3.00. The summed E-state index contributed by atoms with van der Waals surface area (Å²) in [6, 6.07) is -0.200. The third kappa shape index (κ3) is 1.57. The first-order valence-corrected chi connectivity index (χ1v) is 4.21. The molecule has 1 unspecified atom stereocenters. The monoisotopic (exact) mass is 170 g/mol. The molecule has 60 valence electrons. The highest BCUT2D eigenvalue weighted by atomic mass is 32.1. The maximum absolute atomic E-state index is 10.9. The largest absolute Gasteiger partial charge is 0.314 e. The van der Waals surface area contributed by atoms with Gasteiger partial charge in [0.15, 0.2) is 10.6 Å². The third-order valence-electron chi connectivity index (χ3n) is 1.64. The molecule has 0 radical (unpaired) electrons. The van der Waals surface area contributed by atoms with E-state index >= 15 is 0 Å². The number of carbonyl (C=O) groups excluding carboxylic acids is 1. The molecule has 3 nitrogen and oxygen atoms in total. The van der Waals surface area contributed by atoms with Gasteiger partial charge in [-0.15, -0.1) is 11.3 Å². The van der Waals surface area contributed by atoms with Gasteiger partial charge in [-0.3, -0.25) is 10.2 Å². The van der Waals surface area contributed by atoms with E-state index in [9.17, 15) is 4.79 Å². The average molecular weight is 170 g/mol. The Balaban J connectivity index is 3.02. The number of nitrogens with one attached hydrogen (secondary N) is 1. The molecule has 4 heteroatoms. The minimum absolute atomic E-state index is 0.0851. The van der Waals surface area contributed by atoms with Crippen LogP contribution in [0.4, 0.5) is 0 Å². The summed E-state index contributed by atoms with van der Waals surface area (Å²) >= 11 is 1.33. The minimum Gasteiger partial charge on any atom is -0.314 e. The molecule has 1 atom stereocenters. The fourth-order valence-electron chi connectivity index (χ4n) is 0.790. The number of nitrogens with zero attached hydrogens (tertiary/aromatic N) is 1. The van der Waals surface area contributed by atoms with Gasteiger partial charge in [-0.25, -0.2) is 0 Å². The zero-order valence-corrected chi connectivity index (χ0v) is 7.31. The molecule has 0 aliphatic carbocycles. The molecule has 1 heterocycles. The van der Waals surface area contributed by atoms with Crippen molar-refractivity contribution in [1.29, 1.82) is 5.41 Å². The normalized spacial score (nSPS) is 12.9. The molecule has 1 aromatic heterocycles. The van der Waals surface area contributed by atoms with E-state index in [1.165, 1.54) is 18.3 Å². The summed E-state index contributed by atoms with van der Waals surface area (Å²) in [6.45, 7) is 3.34. The van der Waals surface area contributed by atoms with E-state index < -0.39 is 0 Å². The molecule has 0 aliphatic rings. The average Bonchev–Trinajstić information content (AvgIpc) is 2.33. The highest BCUT2D eigenvalue weighted by Crippen LogP contribution is 2.03. The van der Waals surface area contributed by atoms with Gasteiger partial charge in [0.05, 0.1) is 6.04 Å². The van der Waals surface area contributed by atoms with Crippen LogP contribution in [0.25, 0.3) is 0 Å². The third-order valence-corrected chi connectivity index (χ3v) is 2.33. The lowest BCUT2D eigenvalue weighted by Crippen LogP contribution is -2.21. The van der Waals surface area contributed by atoms with E-state index in [2.05, 4.69) is 0 Å². The number of rotatable bonds is 2. The molecule has 0 saturated carbocycles. The number of Topliss-reactive ketones (excluding diaryl/α,β-unsaturated/α-hetero) is 1. The van der Waals surface area contributed by atoms with E-state index in [1.54, 1.807) is 17.7 Å². The lowest BCUT2D eigenvalue weighted by molar-refractivity contribution is -0.119. The first-order chi connectivity index (χ1) is 5.13. The molecule has 0 spiro atoms. The van der Waals surface area contributed by atoms with Crippen LogP contribution >= 0.6 is 11.3 Å². The van der Waals surface area contributed by atoms with E-state index in [0.717, 1.165) is 0 Å². The van der Waals surface area contributed by atoms with Gasteiger partial charge in [0.2, 0.25) is 0 Å². The topological polar surface area (TPSA) is 45.9 Å². The van der Waals surface area contributed by atoms with E-state index in [0.29, 0.717) is 4.80 Å². The van der Waals surface area contributed by atoms with E-state index in [1.807, 2.05) is 5.38 Å². The van der Waals surface area contributed by atoms with Gasteiger partial charge < -0.3 is 4.57 Å². The Hall–Kier alpha value is -0.900. The molecule has 1 N–H and O–H groups in total. The zero-order chi connectivity index (χ0) is 8.43. The molecule has 1 aromatic rings. The maximum atomic E-state index is 10.9. The van der Waals surface area contributed by atoms with Crippen molar-refractivity contribution in [3.63, 3.8) is 0 Å². The van der Waals surface area contributed by atoms with Gasteiger partial charge >= 0.3 is 0 Å². The number of carbonyl (C=O) groups is 1. The van der Waals surface area contributed by atoms with Crippen LogP contribution in [-0.2, 0) is 4.79 Å². The van der Waals surface area contributed by atoms with Crippen molar-refractivity contribution < 1.29 is 4.79 Å². The van der Waals surface area contributed by atoms with Crippen LogP contribution in [0.1, 0.15) is 19.9 Å². The molecular formula is C7H10N2OS. The van der Waals surface area contributed by atoms with Crippen molar-refractivity contribution >= 4 is 17.1 Å². The number of hydrogen-bond acceptors (Lipinski definition) is 3. The van der Waals surface area contributed by atoms with Gasteiger partial charge in [0.1, 0.15) is 0 Å². The Morgan fingerprint density at radius 1 is 1.82 bits per heavy atom. The lowest BCUT2D eigenvalue weighted by Gasteiger charge is -2.07. The number of ketones is 1. The fraction of sp³-hybridized carbons (Fsp3) is 0.429. The molecule has 0 bridgehead atoms. The highest BCUT2D eigenvalue weighted by Gasteiger charge is 2.09. The second-order valence-electron chi connectivity index (χ2n) is 2.40. The van der Waals surface area contributed by atoms with Crippen LogP contribution in [0, 0.1) is 5.41 Å². The standard InChI is InChI=1S/C7H10N2OS/c1-5(6(2)10)9-3-4-11-7(9)8/h3-5,8H,1-2H3. The molecule has 1 rings (SSSR count). The molecule has 11 heavy (non-hydrogen) atoms. The quantitative estimate of drug-likeness (QED) is 0.711. The van der Waals surface area contributed by atoms with Gasteiger partial charge in [-0.1, -0.05) is 0 Å². The molecular weight excluding hydrogens is 160 g/mol. The summed E-state index contributed by atoms with van der Waals surface area (Å²) in [5.41, 5.74) is 0. The number of thiazole rings is 1. The lowest BCUT2D eigenvalue weighted by atomic mass is 10.2. The van der Waals surface area contributed by atoms with E-state index in [4.69, 9.17) is 5.41 Å². The van der Waals surface area contributed by atoms with Crippen molar-refractivity contribution in [2.75, 3.05) is 0 Å². The van der Waals surface area contributed by atoms with Crippen molar-refractivity contribution in [2.24, 2.45) is 0 Å². The molecule has 0 aromatic carbocycles. The van der Waals surface area contributed by atoms with Crippen molar-refractivity contribution in [3.05, 3.63) is 16.4 Å². The molecule has 0 saturated heterocycles. The van der Waals surface area contributed by atoms with Gasteiger partial charge in [-0.05, 0) is 13.8 Å². The summed E-state index contributed by atoms with van der Waals surface area (Å²) in [5.74, 6) is 0.0851. The maximum Gasteiger partial charge on any atom is 0.182 e. The predicted octanol–water partition coefficient (Wildman–Crippen LogP) is 1.18. The molecule has 0 fully saturated rings. The zero-order valence-electron chi connectivity index (χ0n) is 6.50. The van der Waals surface area contributed by atoms with Crippen LogP contribution in [0.15, 0.2) is 11.6 Å². The SMILES string of the molecule is CC(=O)C(C)n1ccsc1=N. The van der Waals surface area contributed by atoms with Crippen LogP contribution in [0.2, 0.25) is 0 Å². The van der Waals surface area contributed by atoms with Crippen LogP contribution in [0.3, 0.4) is 0 Å². The number of hydrogen-bond donors (Lipinski definition) is 1. The summed E-state index contributed by atoms with van der Waals surface area (Å²) in [6.07, 6.45) is 1.76. The molecule has 0 amide bonds. The van der Waals surface area contributed by atoms with Gasteiger partial charge in [0, 0.05) is 11.6 Å². The Morgan fingerprint density at radius 2 is 2.45 bits per heavy atom. The summed E-state index contributed by atoms with van der Waals surface area (Å²) in [7, 11) is 0. The highest BCUT2D eigenvalue weighted by molar-refractivity contribution is 7.06. The van der Waals surface area contributed by atoms with E-state index in [-0.39, 0.29) is 11.8 Å². The Bertz CT molecular complexity index is 312. The van der Waals surface area contributed by atoms with Gasteiger partial charge in [0.25, 0.3) is 0 Å². The second-order valence-corrected chi connectivity index (χ2v) is 3.30. The minimum atomic E-state index is -0.200. The Labute approximate surface area is 68.8 Å². The van der Waals surface area contributed by atoms with Crippen LogP contribution in [0.5, 0.6) is 0 Å². The fourth-order valence-corrected chi connectivity index (χ4v) is 1.45. The van der Waals surface area contributed by atoms with Crippen molar-refractivity contribution in [3.8, 4) is 0 Å². The van der Waals surface area contributed by atoms with Crippen molar-refractivity contribution in [1.82, 2.24) is 4.57 Å². The van der Waals surface area contributed by atoms with Crippen LogP contribution in [-0.4, -0.2) is 10.4 Å². The summed E-state index contributed by atoms with van der Waals surface area (Å²) < 4.78 is 1.66. The first-order valence-electron chi connectivity index (χ1n) is 3.33. The van der Waals surface area contributed by atoms with Gasteiger partial charge in [-0.2, -0.15) is 0 Å². The van der Waals surface area contributed by atoms with Crippen LogP contribution < -0.4 is 4.80 Å². The van der Waals surface area contributed by atoms with Crippen molar-refractivity contribution in [2.45, 2.75) is 19.9 Å². The smallest absolute Gasteiger partial charge is 0.182 e. The Morgan fingerprint density at radius 3 is 2.82 bits per heavy atom. The summed E-state index contributed by atoms with van der Waals surface area (Å²) in [4.78, 5) is 11.3. The summed E-state index contributed by atoms with van der Waals surface area (Å²) in [5, 5.41) is 9.21. The first kappa shape index (κ1) is 8.20.